The maximum absolute atomic E-state index is 12.4. The largest absolute Gasteiger partial charge is 0.492 e. The van der Waals surface area contributed by atoms with E-state index >= 15 is 0 Å². The van der Waals surface area contributed by atoms with Crippen LogP contribution in [-0.2, 0) is 0 Å². The number of carbonyl (C=O) groups is 1. The molecule has 6 heteroatoms. The van der Waals surface area contributed by atoms with Crippen molar-refractivity contribution in [2.75, 3.05) is 17.2 Å². The average molecular weight is 334 g/mol. The van der Waals surface area contributed by atoms with Gasteiger partial charge < -0.3 is 15.4 Å². The number of ether oxygens (including phenoxy) is 1. The third-order valence-corrected chi connectivity index (χ3v) is 3.38. The summed E-state index contributed by atoms with van der Waals surface area (Å²) in [7, 11) is 0. The summed E-state index contributed by atoms with van der Waals surface area (Å²) in [6.07, 6.45) is 0. The summed E-state index contributed by atoms with van der Waals surface area (Å²) in [5.41, 5.74) is 1.73. The van der Waals surface area contributed by atoms with Gasteiger partial charge in [-0.1, -0.05) is 30.3 Å². The first-order valence-corrected chi connectivity index (χ1v) is 7.95. The van der Waals surface area contributed by atoms with E-state index in [1.165, 1.54) is 0 Å². The van der Waals surface area contributed by atoms with E-state index in [0.717, 1.165) is 5.69 Å². The summed E-state index contributed by atoms with van der Waals surface area (Å²) in [5.74, 6) is 0.844. The van der Waals surface area contributed by atoms with Gasteiger partial charge in [-0.3, -0.25) is 4.79 Å². The summed E-state index contributed by atoms with van der Waals surface area (Å²) < 4.78 is 5.50. The topological polar surface area (TPSA) is 76.1 Å². The molecule has 0 aliphatic heterocycles. The number of nitrogens with zero attached hydrogens (tertiary/aromatic N) is 2. The highest BCUT2D eigenvalue weighted by Gasteiger charge is 2.11. The lowest BCUT2D eigenvalue weighted by Gasteiger charge is -2.11. The molecule has 126 valence electrons. The van der Waals surface area contributed by atoms with Crippen LogP contribution in [0.2, 0.25) is 0 Å². The number of hydrogen-bond donors (Lipinski definition) is 2. The van der Waals surface area contributed by atoms with Crippen molar-refractivity contribution in [3.8, 4) is 5.75 Å². The monoisotopic (exact) mass is 334 g/mol. The molecule has 6 nitrogen and oxygen atoms in total. The van der Waals surface area contributed by atoms with E-state index in [0.29, 0.717) is 23.9 Å². The van der Waals surface area contributed by atoms with Crippen molar-refractivity contribution in [3.63, 3.8) is 0 Å². The normalized spacial score (nSPS) is 10.1. The first kappa shape index (κ1) is 16.4. The maximum atomic E-state index is 12.4. The van der Waals surface area contributed by atoms with Gasteiger partial charge in [0, 0.05) is 5.69 Å². The van der Waals surface area contributed by atoms with Gasteiger partial charge >= 0.3 is 0 Å². The molecule has 0 radical (unpaired) electrons. The Morgan fingerprint density at radius 1 is 0.960 bits per heavy atom. The Bertz CT molecular complexity index is 836. The molecule has 0 atom stereocenters. The fourth-order valence-electron chi connectivity index (χ4n) is 2.23. The first-order valence-electron chi connectivity index (χ1n) is 7.95. The first-order chi connectivity index (χ1) is 12.3. The Balaban J connectivity index is 1.69. The Kier molecular flexibility index (Phi) is 5.21. The van der Waals surface area contributed by atoms with Gasteiger partial charge in [0.25, 0.3) is 5.91 Å². The molecule has 1 aromatic heterocycles. The number of amides is 1. The van der Waals surface area contributed by atoms with Gasteiger partial charge in [-0.15, -0.1) is 10.2 Å². The van der Waals surface area contributed by atoms with Crippen LogP contribution in [0.3, 0.4) is 0 Å². The van der Waals surface area contributed by atoms with Gasteiger partial charge in [0.15, 0.2) is 11.5 Å². The van der Waals surface area contributed by atoms with E-state index in [9.17, 15) is 4.79 Å². The molecule has 0 aliphatic carbocycles. The van der Waals surface area contributed by atoms with Crippen LogP contribution in [0.25, 0.3) is 0 Å². The zero-order valence-electron chi connectivity index (χ0n) is 13.8. The standard InChI is InChI=1S/C19H18N4O2/c1-2-25-17-11-7-6-10-15(17)21-19(24)16-12-13-18(23-22-16)20-14-8-4-3-5-9-14/h3-13H,2H2,1H3,(H,20,23)(H,21,24). The van der Waals surface area contributed by atoms with E-state index in [1.54, 1.807) is 24.3 Å². The van der Waals surface area contributed by atoms with Crippen molar-refractivity contribution in [3.05, 3.63) is 72.4 Å². The fourth-order valence-corrected chi connectivity index (χ4v) is 2.23. The van der Waals surface area contributed by atoms with Crippen LogP contribution in [0.5, 0.6) is 5.75 Å². The van der Waals surface area contributed by atoms with E-state index in [4.69, 9.17) is 4.74 Å². The van der Waals surface area contributed by atoms with Crippen LogP contribution < -0.4 is 15.4 Å². The molecule has 0 aliphatic rings. The molecule has 1 heterocycles. The summed E-state index contributed by atoms with van der Waals surface area (Å²) in [5, 5.41) is 13.9. The second kappa shape index (κ2) is 7.92. The summed E-state index contributed by atoms with van der Waals surface area (Å²) >= 11 is 0. The molecule has 0 fully saturated rings. The Morgan fingerprint density at radius 2 is 1.72 bits per heavy atom. The summed E-state index contributed by atoms with van der Waals surface area (Å²) in [4.78, 5) is 12.4. The zero-order valence-corrected chi connectivity index (χ0v) is 13.8. The van der Waals surface area contributed by atoms with Gasteiger partial charge in [0.05, 0.1) is 12.3 Å². The van der Waals surface area contributed by atoms with Crippen molar-refractivity contribution in [1.82, 2.24) is 10.2 Å². The van der Waals surface area contributed by atoms with E-state index < -0.39 is 0 Å². The minimum Gasteiger partial charge on any atom is -0.492 e. The summed E-state index contributed by atoms with van der Waals surface area (Å²) in [6.45, 7) is 2.41. The third kappa shape index (κ3) is 4.32. The van der Waals surface area contributed by atoms with Crippen molar-refractivity contribution in [2.45, 2.75) is 6.92 Å². The Morgan fingerprint density at radius 3 is 2.44 bits per heavy atom. The highest BCUT2D eigenvalue weighted by Crippen LogP contribution is 2.24. The predicted octanol–water partition coefficient (Wildman–Crippen LogP) is 3.87. The van der Waals surface area contributed by atoms with Crippen LogP contribution in [0.15, 0.2) is 66.7 Å². The number of nitrogens with one attached hydrogen (secondary N) is 2. The summed E-state index contributed by atoms with van der Waals surface area (Å²) in [6, 6.07) is 20.2. The second-order valence-electron chi connectivity index (χ2n) is 5.18. The SMILES string of the molecule is CCOc1ccccc1NC(=O)c1ccc(Nc2ccccc2)nn1. The van der Waals surface area contributed by atoms with Crippen LogP contribution in [-0.4, -0.2) is 22.7 Å². The number of para-hydroxylation sites is 3. The van der Waals surface area contributed by atoms with Gasteiger partial charge in [-0.2, -0.15) is 0 Å². The molecule has 0 saturated heterocycles. The molecule has 1 amide bonds. The molecule has 0 saturated carbocycles. The van der Waals surface area contributed by atoms with E-state index in [-0.39, 0.29) is 11.6 Å². The molecular formula is C19H18N4O2. The zero-order chi connectivity index (χ0) is 17.5. The number of carbonyl (C=O) groups excluding carboxylic acids is 1. The minimum atomic E-state index is -0.342. The molecule has 3 rings (SSSR count). The smallest absolute Gasteiger partial charge is 0.276 e. The lowest BCUT2D eigenvalue weighted by Crippen LogP contribution is -2.15. The molecule has 2 N–H and O–H groups in total. The quantitative estimate of drug-likeness (QED) is 0.715. The van der Waals surface area contributed by atoms with Gasteiger partial charge in [-0.25, -0.2) is 0 Å². The molecular weight excluding hydrogens is 316 g/mol. The van der Waals surface area contributed by atoms with Crippen molar-refractivity contribution in [1.29, 1.82) is 0 Å². The highest BCUT2D eigenvalue weighted by atomic mass is 16.5. The number of benzene rings is 2. The third-order valence-electron chi connectivity index (χ3n) is 3.38. The number of aromatic nitrogens is 2. The average Bonchev–Trinajstić information content (AvgIpc) is 2.65. The molecule has 0 spiro atoms. The highest BCUT2D eigenvalue weighted by molar-refractivity contribution is 6.03. The Labute approximate surface area is 145 Å². The van der Waals surface area contributed by atoms with Gasteiger partial charge in [0.1, 0.15) is 5.75 Å². The van der Waals surface area contributed by atoms with Gasteiger partial charge in [0.2, 0.25) is 0 Å². The molecule has 0 bridgehead atoms. The van der Waals surface area contributed by atoms with Gasteiger partial charge in [-0.05, 0) is 43.3 Å². The van der Waals surface area contributed by atoms with E-state index in [2.05, 4.69) is 20.8 Å². The van der Waals surface area contributed by atoms with Crippen LogP contribution in [0.1, 0.15) is 17.4 Å². The molecule has 25 heavy (non-hydrogen) atoms. The van der Waals surface area contributed by atoms with Crippen LogP contribution in [0, 0.1) is 0 Å². The molecule has 0 unspecified atom stereocenters. The molecule has 2 aromatic carbocycles. The lowest BCUT2D eigenvalue weighted by molar-refractivity contribution is 0.102. The predicted molar refractivity (Wildman–Crippen MR) is 97.3 cm³/mol. The van der Waals surface area contributed by atoms with Crippen LogP contribution >= 0.6 is 0 Å². The van der Waals surface area contributed by atoms with Crippen molar-refractivity contribution in [2.24, 2.45) is 0 Å². The number of hydrogen-bond acceptors (Lipinski definition) is 5. The lowest BCUT2D eigenvalue weighted by atomic mass is 10.2. The van der Waals surface area contributed by atoms with Crippen LogP contribution in [0.4, 0.5) is 17.2 Å². The number of rotatable bonds is 6. The number of anilines is 3. The van der Waals surface area contributed by atoms with Crippen molar-refractivity contribution >= 4 is 23.1 Å². The second-order valence-corrected chi connectivity index (χ2v) is 5.18. The maximum Gasteiger partial charge on any atom is 0.276 e. The fraction of sp³-hybridized carbons (Fsp3) is 0.105. The van der Waals surface area contributed by atoms with E-state index in [1.807, 2.05) is 49.4 Å². The van der Waals surface area contributed by atoms with Crippen molar-refractivity contribution < 1.29 is 9.53 Å². The Hall–Kier alpha value is -3.41. The minimum absolute atomic E-state index is 0.227. The molecule has 3 aromatic rings.